The van der Waals surface area contributed by atoms with Crippen LogP contribution in [0, 0.1) is 11.3 Å². The van der Waals surface area contributed by atoms with Crippen LogP contribution in [0.5, 0.6) is 11.5 Å². The largest absolute Gasteiger partial charge is 0.490 e. The molecule has 0 saturated carbocycles. The van der Waals surface area contributed by atoms with E-state index in [0.717, 1.165) is 16.7 Å². The highest BCUT2D eigenvalue weighted by atomic mass is 79.9. The van der Waals surface area contributed by atoms with Gasteiger partial charge in [-0.2, -0.15) is 5.26 Å². The Morgan fingerprint density at radius 3 is 2.51 bits per heavy atom. The summed E-state index contributed by atoms with van der Waals surface area (Å²) in [6, 6.07) is 21.8. The Labute approximate surface area is 260 Å². The zero-order chi connectivity index (χ0) is 30.5. The number of carbonyl (C=O) groups excluding carboxylic acids is 1. The summed E-state index contributed by atoms with van der Waals surface area (Å²) in [5.41, 5.74) is 3.71. The Bertz CT molecular complexity index is 1920. The third-order valence-corrected chi connectivity index (χ3v) is 8.43. The summed E-state index contributed by atoms with van der Waals surface area (Å²) in [6.45, 7) is 4.51. The van der Waals surface area contributed by atoms with Gasteiger partial charge in [-0.05, 0) is 76.3 Å². The van der Waals surface area contributed by atoms with E-state index in [0.29, 0.717) is 55.2 Å². The number of ether oxygens (including phenoxy) is 3. The van der Waals surface area contributed by atoms with Crippen molar-refractivity contribution < 1.29 is 19.0 Å². The molecule has 4 aromatic rings. The second-order valence-electron chi connectivity index (χ2n) is 9.56. The minimum absolute atomic E-state index is 0.260. The highest BCUT2D eigenvalue weighted by molar-refractivity contribution is 9.10. The smallest absolute Gasteiger partial charge is 0.338 e. The quantitative estimate of drug-likeness (QED) is 0.223. The summed E-state index contributed by atoms with van der Waals surface area (Å²) in [4.78, 5) is 32.2. The molecule has 0 N–H and O–H groups in total. The lowest BCUT2D eigenvalue weighted by Gasteiger charge is -2.25. The molecular weight excluding hydrogens is 630 g/mol. The van der Waals surface area contributed by atoms with Gasteiger partial charge in [0.05, 0.1) is 51.7 Å². The van der Waals surface area contributed by atoms with Crippen LogP contribution in [-0.4, -0.2) is 24.3 Å². The SMILES string of the molecule is CCOc1cc(/C=c2/sc3n(c2=O)[C@H](c2ccccc2)C(C(=O)OC)=C(CC)N=3)cc(Br)c1OCc1ccc(C#N)cc1. The monoisotopic (exact) mass is 657 g/mol. The Morgan fingerprint density at radius 1 is 1.12 bits per heavy atom. The fourth-order valence-corrected chi connectivity index (χ4v) is 6.47. The van der Waals surface area contributed by atoms with Crippen LogP contribution in [-0.2, 0) is 16.1 Å². The van der Waals surface area contributed by atoms with E-state index in [-0.39, 0.29) is 12.2 Å². The molecule has 43 heavy (non-hydrogen) atoms. The Kier molecular flexibility index (Phi) is 9.24. The number of allylic oxidation sites excluding steroid dienone is 1. The molecule has 0 saturated heterocycles. The van der Waals surface area contributed by atoms with Gasteiger partial charge in [-0.25, -0.2) is 9.79 Å². The lowest BCUT2D eigenvalue weighted by atomic mass is 9.95. The van der Waals surface area contributed by atoms with Crippen molar-refractivity contribution in [3.8, 4) is 17.6 Å². The van der Waals surface area contributed by atoms with Crippen molar-refractivity contribution in [2.24, 2.45) is 4.99 Å². The Balaban J connectivity index is 1.57. The number of hydrogen-bond donors (Lipinski definition) is 0. The first-order valence-electron chi connectivity index (χ1n) is 13.6. The van der Waals surface area contributed by atoms with Crippen molar-refractivity contribution in [1.82, 2.24) is 4.57 Å². The highest BCUT2D eigenvalue weighted by Crippen LogP contribution is 2.38. The molecule has 10 heteroatoms. The summed E-state index contributed by atoms with van der Waals surface area (Å²) in [5, 5.41) is 9.04. The first-order chi connectivity index (χ1) is 20.9. The molecule has 3 aromatic carbocycles. The van der Waals surface area contributed by atoms with Crippen LogP contribution in [0.25, 0.3) is 6.08 Å². The number of fused-ring (bicyclic) bond motifs is 1. The summed E-state index contributed by atoms with van der Waals surface area (Å²) in [5.74, 6) is 0.544. The number of benzene rings is 3. The number of nitriles is 1. The van der Waals surface area contributed by atoms with Crippen LogP contribution in [0.1, 0.15) is 48.6 Å². The average Bonchev–Trinajstić information content (AvgIpc) is 3.34. The molecular formula is C33H28BrN3O5S. The van der Waals surface area contributed by atoms with Gasteiger partial charge in [0.15, 0.2) is 16.3 Å². The molecule has 8 nitrogen and oxygen atoms in total. The number of halogens is 1. The van der Waals surface area contributed by atoms with Crippen LogP contribution < -0.4 is 24.4 Å². The van der Waals surface area contributed by atoms with Gasteiger partial charge in [-0.1, -0.05) is 60.7 Å². The maximum atomic E-state index is 13.9. The zero-order valence-corrected chi connectivity index (χ0v) is 26.2. The van der Waals surface area contributed by atoms with E-state index in [1.807, 2.05) is 68.4 Å². The van der Waals surface area contributed by atoms with Crippen molar-refractivity contribution in [2.75, 3.05) is 13.7 Å². The van der Waals surface area contributed by atoms with Crippen LogP contribution in [0.15, 0.2) is 92.3 Å². The molecule has 0 aliphatic carbocycles. The summed E-state index contributed by atoms with van der Waals surface area (Å²) in [7, 11) is 1.33. The van der Waals surface area contributed by atoms with Crippen molar-refractivity contribution >= 4 is 39.3 Å². The second kappa shape index (κ2) is 13.2. The molecule has 0 bridgehead atoms. The van der Waals surface area contributed by atoms with E-state index in [1.54, 1.807) is 22.8 Å². The molecule has 1 aliphatic heterocycles. The van der Waals surface area contributed by atoms with Crippen molar-refractivity contribution in [1.29, 1.82) is 5.26 Å². The number of rotatable bonds is 9. The van der Waals surface area contributed by atoms with Crippen LogP contribution in [0.3, 0.4) is 0 Å². The number of methoxy groups -OCH3 is 1. The third-order valence-electron chi connectivity index (χ3n) is 6.86. The molecule has 2 heterocycles. The lowest BCUT2D eigenvalue weighted by Crippen LogP contribution is -2.40. The van der Waals surface area contributed by atoms with Crippen LogP contribution in [0.4, 0.5) is 0 Å². The van der Waals surface area contributed by atoms with Gasteiger partial charge >= 0.3 is 5.97 Å². The van der Waals surface area contributed by atoms with Gasteiger partial charge in [0.25, 0.3) is 5.56 Å². The summed E-state index contributed by atoms with van der Waals surface area (Å²) in [6.07, 6.45) is 2.30. The van der Waals surface area contributed by atoms with Gasteiger partial charge in [0.2, 0.25) is 0 Å². The van der Waals surface area contributed by atoms with E-state index in [1.165, 1.54) is 18.4 Å². The normalized spacial score (nSPS) is 14.5. The van der Waals surface area contributed by atoms with E-state index in [2.05, 4.69) is 22.0 Å². The zero-order valence-electron chi connectivity index (χ0n) is 23.8. The molecule has 0 fully saturated rings. The Hall–Kier alpha value is -4.46. The summed E-state index contributed by atoms with van der Waals surface area (Å²) < 4.78 is 19.9. The Morgan fingerprint density at radius 2 is 1.86 bits per heavy atom. The molecule has 1 atom stereocenters. The van der Waals surface area contributed by atoms with Gasteiger partial charge < -0.3 is 14.2 Å². The van der Waals surface area contributed by atoms with E-state index >= 15 is 0 Å². The molecule has 1 aliphatic rings. The second-order valence-corrected chi connectivity index (χ2v) is 11.4. The summed E-state index contributed by atoms with van der Waals surface area (Å²) >= 11 is 4.88. The molecule has 1 aromatic heterocycles. The fourth-order valence-electron chi connectivity index (χ4n) is 4.87. The number of thiazole rings is 1. The highest BCUT2D eigenvalue weighted by Gasteiger charge is 2.33. The van der Waals surface area contributed by atoms with E-state index in [9.17, 15) is 9.59 Å². The number of esters is 1. The average molecular weight is 659 g/mol. The molecule has 0 amide bonds. The lowest BCUT2D eigenvalue weighted by molar-refractivity contribution is -0.136. The molecule has 0 spiro atoms. The molecule has 5 rings (SSSR count). The van der Waals surface area contributed by atoms with Crippen molar-refractivity contribution in [3.63, 3.8) is 0 Å². The minimum Gasteiger partial charge on any atom is -0.490 e. The maximum absolute atomic E-state index is 13.9. The predicted octanol–water partition coefficient (Wildman–Crippen LogP) is 5.41. The van der Waals surface area contributed by atoms with Gasteiger partial charge in [-0.3, -0.25) is 9.36 Å². The van der Waals surface area contributed by atoms with Crippen LogP contribution >= 0.6 is 27.3 Å². The van der Waals surface area contributed by atoms with Crippen LogP contribution in [0.2, 0.25) is 0 Å². The van der Waals surface area contributed by atoms with Gasteiger partial charge in [0, 0.05) is 0 Å². The molecule has 0 radical (unpaired) electrons. The first-order valence-corrected chi connectivity index (χ1v) is 15.3. The minimum atomic E-state index is -0.661. The van der Waals surface area contributed by atoms with Gasteiger partial charge in [-0.15, -0.1) is 0 Å². The maximum Gasteiger partial charge on any atom is 0.338 e. The number of carbonyl (C=O) groups is 1. The standard InChI is InChI=1S/C33H28BrN3O5S/c1-4-25-28(32(39)40-3)29(23-9-7-6-8-10-23)37-31(38)27(43-33(37)36-25)17-22-15-24(34)30(26(16-22)41-5-2)42-19-21-13-11-20(18-35)12-14-21/h6-17,29H,4-5,19H2,1-3H3/b27-17+/t29-/m1/s1. The fraction of sp³-hybridized carbons (Fsp3) is 0.212. The molecule has 218 valence electrons. The van der Waals surface area contributed by atoms with E-state index < -0.39 is 12.0 Å². The van der Waals surface area contributed by atoms with Crippen molar-refractivity contribution in [2.45, 2.75) is 32.9 Å². The first kappa shape index (κ1) is 30.0. The topological polar surface area (TPSA) is 103 Å². The predicted molar refractivity (Wildman–Crippen MR) is 168 cm³/mol. The number of nitrogens with zero attached hydrogens (tertiary/aromatic N) is 3. The molecule has 0 unspecified atom stereocenters. The van der Waals surface area contributed by atoms with E-state index in [4.69, 9.17) is 24.5 Å². The van der Waals surface area contributed by atoms with Crippen molar-refractivity contribution in [3.05, 3.63) is 124 Å². The number of aromatic nitrogens is 1. The number of hydrogen-bond acceptors (Lipinski definition) is 8. The third kappa shape index (κ3) is 6.19. The van der Waals surface area contributed by atoms with Gasteiger partial charge in [0.1, 0.15) is 6.61 Å².